The highest BCUT2D eigenvalue weighted by Crippen LogP contribution is 2.44. The molecule has 266 valence electrons. The topological polar surface area (TPSA) is 23.0 Å². The van der Waals surface area contributed by atoms with Gasteiger partial charge in [0.2, 0.25) is 0 Å². The van der Waals surface area contributed by atoms with Crippen LogP contribution in [0.5, 0.6) is 0 Å². The summed E-state index contributed by atoms with van der Waals surface area (Å²) in [5.41, 5.74) is 17.2. The molecule has 12 rings (SSSR count). The highest BCUT2D eigenvalue weighted by molar-refractivity contribution is 6.13. The molecule has 0 radical (unpaired) electrons. The SMILES string of the molecule is CC1C=Cc2c(-c3cccc4oc5c(c34)C=CCC5)ccc(-n3c4ccccc4c4ccc(-c5ccc6c(c5)c5ccccc5n6-c5ccccc5)cc43)c2C1. The molecule has 0 fully saturated rings. The van der Waals surface area contributed by atoms with Gasteiger partial charge in [-0.3, -0.25) is 0 Å². The molecule has 2 aliphatic rings. The number of hydrogen-bond donors (Lipinski definition) is 0. The van der Waals surface area contributed by atoms with Crippen LogP contribution < -0.4 is 0 Å². The molecule has 7 aromatic carbocycles. The van der Waals surface area contributed by atoms with Crippen LogP contribution in [-0.4, -0.2) is 9.13 Å². The van der Waals surface area contributed by atoms with E-state index in [1.165, 1.54) is 99.3 Å². The van der Waals surface area contributed by atoms with E-state index in [4.69, 9.17) is 4.42 Å². The van der Waals surface area contributed by atoms with Crippen LogP contribution in [0.4, 0.5) is 0 Å². The first kappa shape index (κ1) is 31.5. The Morgan fingerprint density at radius 3 is 2.16 bits per heavy atom. The highest BCUT2D eigenvalue weighted by atomic mass is 16.3. The normalized spacial score (nSPS) is 15.1. The van der Waals surface area contributed by atoms with Gasteiger partial charge in [0, 0.05) is 44.6 Å². The molecule has 2 aliphatic carbocycles. The molecular weight excluding hydrogens is 681 g/mol. The maximum atomic E-state index is 6.43. The summed E-state index contributed by atoms with van der Waals surface area (Å²) in [5, 5.41) is 6.29. The highest BCUT2D eigenvalue weighted by Gasteiger charge is 2.25. The third kappa shape index (κ3) is 4.58. The van der Waals surface area contributed by atoms with Crippen molar-refractivity contribution in [1.82, 2.24) is 9.13 Å². The van der Waals surface area contributed by atoms with Crippen molar-refractivity contribution in [3.63, 3.8) is 0 Å². The van der Waals surface area contributed by atoms with Crippen LogP contribution >= 0.6 is 0 Å². The van der Waals surface area contributed by atoms with Crippen molar-refractivity contribution in [3.05, 3.63) is 180 Å². The molecule has 0 saturated heterocycles. The first-order valence-corrected chi connectivity index (χ1v) is 19.9. The van der Waals surface area contributed by atoms with Gasteiger partial charge in [-0.25, -0.2) is 0 Å². The molecule has 0 saturated carbocycles. The van der Waals surface area contributed by atoms with Crippen LogP contribution in [0.3, 0.4) is 0 Å². The second-order valence-electron chi connectivity index (χ2n) is 15.6. The summed E-state index contributed by atoms with van der Waals surface area (Å²) >= 11 is 0. The average molecular weight is 719 g/mol. The number of fused-ring (bicyclic) bond motifs is 10. The molecule has 56 heavy (non-hydrogen) atoms. The van der Waals surface area contributed by atoms with E-state index in [-0.39, 0.29) is 0 Å². The standard InChI is InChI=1S/C53H38N2O/c1-33-22-25-38-37(42-17-11-21-52-53(42)43-16-7-10-20-51(43)56-52)27-29-49(44(38)30-33)55-47-19-9-5-14-39(47)41-26-23-35(32-50(41)55)34-24-28-48-45(31-34)40-15-6-8-18-46(40)54(48)36-12-3-2-4-13-36/h2-9,11-19,21-29,31-33H,10,20,30H2,1H3. The molecular formula is C53H38N2O. The van der Waals surface area contributed by atoms with Gasteiger partial charge in [-0.2, -0.15) is 0 Å². The van der Waals surface area contributed by atoms with Crippen molar-refractivity contribution in [2.24, 2.45) is 5.92 Å². The fourth-order valence-corrected chi connectivity index (χ4v) is 9.79. The van der Waals surface area contributed by atoms with E-state index >= 15 is 0 Å². The summed E-state index contributed by atoms with van der Waals surface area (Å²) in [6.07, 6.45) is 12.3. The van der Waals surface area contributed by atoms with E-state index in [1.807, 2.05) is 0 Å². The van der Waals surface area contributed by atoms with Crippen molar-refractivity contribution >= 4 is 66.7 Å². The number of nitrogens with zero attached hydrogens (tertiary/aromatic N) is 2. The zero-order valence-electron chi connectivity index (χ0n) is 31.2. The van der Waals surface area contributed by atoms with Crippen molar-refractivity contribution in [2.45, 2.75) is 26.2 Å². The molecule has 1 atom stereocenters. The third-order valence-corrected chi connectivity index (χ3v) is 12.3. The summed E-state index contributed by atoms with van der Waals surface area (Å²) < 4.78 is 11.4. The van der Waals surface area contributed by atoms with Crippen molar-refractivity contribution < 1.29 is 4.42 Å². The molecule has 10 aromatic rings. The monoisotopic (exact) mass is 718 g/mol. The zero-order chi connectivity index (χ0) is 36.9. The lowest BCUT2D eigenvalue weighted by atomic mass is 9.83. The smallest absolute Gasteiger partial charge is 0.135 e. The van der Waals surface area contributed by atoms with Crippen LogP contribution in [0.2, 0.25) is 0 Å². The number of allylic oxidation sites excluding steroid dienone is 2. The fourth-order valence-electron chi connectivity index (χ4n) is 9.79. The van der Waals surface area contributed by atoms with E-state index in [0.717, 1.165) is 30.6 Å². The third-order valence-electron chi connectivity index (χ3n) is 12.3. The van der Waals surface area contributed by atoms with Crippen molar-refractivity contribution in [2.75, 3.05) is 0 Å². The van der Waals surface area contributed by atoms with Gasteiger partial charge in [-0.15, -0.1) is 0 Å². The summed E-state index contributed by atoms with van der Waals surface area (Å²) in [7, 11) is 0. The summed E-state index contributed by atoms with van der Waals surface area (Å²) in [4.78, 5) is 0. The Balaban J connectivity index is 1.07. The summed E-state index contributed by atoms with van der Waals surface area (Å²) in [5.74, 6) is 1.54. The maximum Gasteiger partial charge on any atom is 0.135 e. The maximum absolute atomic E-state index is 6.43. The van der Waals surface area contributed by atoms with E-state index in [9.17, 15) is 0 Å². The van der Waals surface area contributed by atoms with E-state index in [2.05, 4.69) is 186 Å². The second kappa shape index (κ2) is 12.1. The molecule has 1 unspecified atom stereocenters. The van der Waals surface area contributed by atoms with Crippen LogP contribution in [0.25, 0.3) is 100 Å². The van der Waals surface area contributed by atoms with Crippen LogP contribution in [0.15, 0.2) is 162 Å². The first-order valence-electron chi connectivity index (χ1n) is 19.9. The van der Waals surface area contributed by atoms with Gasteiger partial charge in [0.15, 0.2) is 0 Å². The molecule has 3 aromatic heterocycles. The molecule has 0 N–H and O–H groups in total. The van der Waals surface area contributed by atoms with Gasteiger partial charge in [-0.05, 0) is 107 Å². The van der Waals surface area contributed by atoms with Gasteiger partial charge < -0.3 is 13.6 Å². The Morgan fingerprint density at radius 1 is 0.554 bits per heavy atom. The van der Waals surface area contributed by atoms with E-state index in [0.29, 0.717) is 5.92 Å². The molecule has 0 amide bonds. The number of rotatable bonds is 4. The van der Waals surface area contributed by atoms with Crippen molar-refractivity contribution in [1.29, 1.82) is 0 Å². The van der Waals surface area contributed by atoms with E-state index in [1.54, 1.807) is 0 Å². The number of hydrogen-bond acceptors (Lipinski definition) is 1. The number of aromatic nitrogens is 2. The minimum Gasteiger partial charge on any atom is -0.460 e. The lowest BCUT2D eigenvalue weighted by Gasteiger charge is -2.24. The average Bonchev–Trinajstić information content (AvgIpc) is 3.91. The lowest BCUT2D eigenvalue weighted by Crippen LogP contribution is -2.10. The Bertz CT molecular complexity index is 3290. The minimum absolute atomic E-state index is 0.435. The quantitative estimate of drug-likeness (QED) is 0.178. The number of furan rings is 1. The molecule has 0 spiro atoms. The summed E-state index contributed by atoms with van der Waals surface area (Å²) in [6.45, 7) is 2.34. The summed E-state index contributed by atoms with van der Waals surface area (Å²) in [6, 6.07) is 53.7. The molecule has 3 heterocycles. The number of para-hydroxylation sites is 3. The van der Waals surface area contributed by atoms with Crippen molar-refractivity contribution in [3.8, 4) is 33.6 Å². The van der Waals surface area contributed by atoms with Crippen LogP contribution in [0.1, 0.15) is 35.8 Å². The first-order chi connectivity index (χ1) is 27.7. The number of benzene rings is 7. The molecule has 3 nitrogen and oxygen atoms in total. The number of aryl methyl sites for hydroxylation is 1. The Hall–Kier alpha value is -6.84. The van der Waals surface area contributed by atoms with Gasteiger partial charge in [0.25, 0.3) is 0 Å². The van der Waals surface area contributed by atoms with E-state index < -0.39 is 0 Å². The molecule has 0 bridgehead atoms. The lowest BCUT2D eigenvalue weighted by molar-refractivity contribution is 0.546. The minimum atomic E-state index is 0.435. The van der Waals surface area contributed by atoms with Gasteiger partial charge in [-0.1, -0.05) is 122 Å². The molecule has 0 aliphatic heterocycles. The van der Waals surface area contributed by atoms with Gasteiger partial charge in [0.05, 0.1) is 27.8 Å². The van der Waals surface area contributed by atoms with Crippen LogP contribution in [0, 0.1) is 5.92 Å². The van der Waals surface area contributed by atoms with Crippen LogP contribution in [-0.2, 0) is 12.8 Å². The Morgan fingerprint density at radius 2 is 1.29 bits per heavy atom. The largest absolute Gasteiger partial charge is 0.460 e. The predicted octanol–water partition coefficient (Wildman–Crippen LogP) is 14.1. The molecule has 3 heteroatoms. The van der Waals surface area contributed by atoms with Gasteiger partial charge >= 0.3 is 0 Å². The fraction of sp³-hybridized carbons (Fsp3) is 0.0943. The predicted molar refractivity (Wildman–Crippen MR) is 235 cm³/mol. The second-order valence-corrected chi connectivity index (χ2v) is 15.6. The Kier molecular flexibility index (Phi) is 6.80. The zero-order valence-corrected chi connectivity index (χ0v) is 31.2. The Labute approximate surface area is 325 Å². The van der Waals surface area contributed by atoms with Gasteiger partial charge in [0.1, 0.15) is 11.3 Å².